The van der Waals surface area contributed by atoms with E-state index in [-0.39, 0.29) is 0 Å². The van der Waals surface area contributed by atoms with Crippen molar-refractivity contribution in [3.05, 3.63) is 25.3 Å². The Balaban J connectivity index is 1.76. The molecule has 0 saturated carbocycles. The van der Waals surface area contributed by atoms with E-state index < -0.39 is 0 Å². The SMILES string of the molecule is C=CCCCCC1(CCCCC2(CCCCC=C)SCCCS2)SCCCS1. The third-order valence-electron chi connectivity index (χ3n) is 5.84. The summed E-state index contributed by atoms with van der Waals surface area (Å²) in [6.07, 6.45) is 23.3. The van der Waals surface area contributed by atoms with Gasteiger partial charge in [-0.1, -0.05) is 37.8 Å². The van der Waals surface area contributed by atoms with Crippen LogP contribution in [-0.4, -0.2) is 31.2 Å². The summed E-state index contributed by atoms with van der Waals surface area (Å²) >= 11 is 9.16. The predicted octanol–water partition coefficient (Wildman–Crippen LogP) is 9.17. The van der Waals surface area contributed by atoms with Crippen LogP contribution in [0, 0.1) is 0 Å². The first kappa shape index (κ1) is 25.1. The fourth-order valence-electron chi connectivity index (χ4n) is 4.22. The molecule has 0 aromatic rings. The van der Waals surface area contributed by atoms with Crippen molar-refractivity contribution in [1.29, 1.82) is 0 Å². The van der Waals surface area contributed by atoms with Crippen molar-refractivity contribution < 1.29 is 0 Å². The molecule has 2 heterocycles. The van der Waals surface area contributed by atoms with Gasteiger partial charge in [-0.3, -0.25) is 0 Å². The van der Waals surface area contributed by atoms with E-state index in [1.807, 2.05) is 0 Å². The van der Waals surface area contributed by atoms with Crippen molar-refractivity contribution in [1.82, 2.24) is 0 Å². The summed E-state index contributed by atoms with van der Waals surface area (Å²) in [7, 11) is 0. The Morgan fingerprint density at radius 1 is 0.536 bits per heavy atom. The molecule has 0 aliphatic carbocycles. The molecule has 2 saturated heterocycles. The van der Waals surface area contributed by atoms with E-state index >= 15 is 0 Å². The first-order chi connectivity index (χ1) is 13.7. The van der Waals surface area contributed by atoms with E-state index in [0.29, 0.717) is 8.16 Å². The number of rotatable bonds is 15. The number of thioether (sulfide) groups is 4. The van der Waals surface area contributed by atoms with Crippen LogP contribution in [0.2, 0.25) is 0 Å². The van der Waals surface area contributed by atoms with Crippen LogP contribution in [0.5, 0.6) is 0 Å². The van der Waals surface area contributed by atoms with Crippen molar-refractivity contribution in [3.63, 3.8) is 0 Å². The van der Waals surface area contributed by atoms with E-state index in [4.69, 9.17) is 0 Å². The highest BCUT2D eigenvalue weighted by Gasteiger charge is 2.35. The number of hydrogen-bond donors (Lipinski definition) is 0. The molecular weight excluding hydrogens is 417 g/mol. The van der Waals surface area contributed by atoms with Crippen molar-refractivity contribution >= 4 is 47.0 Å². The van der Waals surface area contributed by atoms with Crippen molar-refractivity contribution in [2.24, 2.45) is 0 Å². The zero-order valence-corrected chi connectivity index (χ0v) is 21.2. The highest BCUT2D eigenvalue weighted by Crippen LogP contribution is 2.51. The van der Waals surface area contributed by atoms with Gasteiger partial charge in [0, 0.05) is 0 Å². The van der Waals surface area contributed by atoms with Gasteiger partial charge in [0.2, 0.25) is 0 Å². The highest BCUT2D eigenvalue weighted by atomic mass is 32.2. The van der Waals surface area contributed by atoms with Crippen LogP contribution >= 0.6 is 47.0 Å². The molecule has 0 unspecified atom stereocenters. The Morgan fingerprint density at radius 2 is 0.857 bits per heavy atom. The van der Waals surface area contributed by atoms with Crippen molar-refractivity contribution in [3.8, 4) is 0 Å². The lowest BCUT2D eigenvalue weighted by molar-refractivity contribution is 0.523. The summed E-state index contributed by atoms with van der Waals surface area (Å²) in [6.45, 7) is 7.77. The van der Waals surface area contributed by atoms with Gasteiger partial charge >= 0.3 is 0 Å². The topological polar surface area (TPSA) is 0 Å². The summed E-state index contributed by atoms with van der Waals surface area (Å²) in [5, 5.41) is 0. The minimum atomic E-state index is 0.531. The standard InChI is InChI=1S/C24H42S4/c1-3-5-7-9-15-23(25-19-13-20-26-23)17-11-12-18-24(16-10-8-6-4-2)27-21-14-22-28-24/h3-4H,1-2,5-22H2. The Labute approximate surface area is 192 Å². The monoisotopic (exact) mass is 458 g/mol. The average molecular weight is 459 g/mol. The van der Waals surface area contributed by atoms with Crippen LogP contribution in [0.3, 0.4) is 0 Å². The molecule has 0 atom stereocenters. The molecule has 0 amide bonds. The molecule has 0 nitrogen and oxygen atoms in total. The van der Waals surface area contributed by atoms with Crippen LogP contribution in [0.1, 0.15) is 89.9 Å². The fourth-order valence-corrected chi connectivity index (χ4v) is 11.2. The van der Waals surface area contributed by atoms with Crippen LogP contribution in [0.4, 0.5) is 0 Å². The maximum absolute atomic E-state index is 3.89. The van der Waals surface area contributed by atoms with Crippen LogP contribution in [0.25, 0.3) is 0 Å². The molecule has 4 heteroatoms. The molecule has 28 heavy (non-hydrogen) atoms. The quantitative estimate of drug-likeness (QED) is 0.177. The van der Waals surface area contributed by atoms with E-state index in [9.17, 15) is 0 Å². The maximum atomic E-state index is 3.89. The maximum Gasteiger partial charge on any atom is 0.0611 e. The number of unbranched alkanes of at least 4 members (excludes halogenated alkanes) is 5. The minimum Gasteiger partial charge on any atom is -0.144 e. The smallest absolute Gasteiger partial charge is 0.0611 e. The van der Waals surface area contributed by atoms with Crippen molar-refractivity contribution in [2.45, 2.75) is 98.0 Å². The molecule has 0 N–H and O–H groups in total. The Hall–Kier alpha value is 0.880. The van der Waals surface area contributed by atoms with E-state index in [2.05, 4.69) is 72.4 Å². The molecule has 0 aromatic heterocycles. The molecule has 0 spiro atoms. The highest BCUT2D eigenvalue weighted by molar-refractivity contribution is 8.19. The number of hydrogen-bond acceptors (Lipinski definition) is 4. The van der Waals surface area contributed by atoms with E-state index in [1.165, 1.54) is 113 Å². The van der Waals surface area contributed by atoms with E-state index in [0.717, 1.165) is 0 Å². The van der Waals surface area contributed by atoms with Crippen LogP contribution < -0.4 is 0 Å². The molecule has 2 fully saturated rings. The number of allylic oxidation sites excluding steroid dienone is 2. The second-order valence-corrected chi connectivity index (χ2v) is 14.6. The average Bonchev–Trinajstić information content (AvgIpc) is 2.74. The third kappa shape index (κ3) is 9.35. The second-order valence-electron chi connectivity index (χ2n) is 8.20. The van der Waals surface area contributed by atoms with Gasteiger partial charge in [0.05, 0.1) is 8.16 Å². The first-order valence-corrected chi connectivity index (χ1v) is 15.5. The van der Waals surface area contributed by atoms with Gasteiger partial charge < -0.3 is 0 Å². The van der Waals surface area contributed by atoms with Gasteiger partial charge in [-0.15, -0.1) is 60.2 Å². The lowest BCUT2D eigenvalue weighted by Crippen LogP contribution is -2.27. The molecule has 2 aliphatic heterocycles. The first-order valence-electron chi connectivity index (χ1n) is 11.5. The molecule has 162 valence electrons. The van der Waals surface area contributed by atoms with Gasteiger partial charge in [-0.05, 0) is 87.2 Å². The van der Waals surface area contributed by atoms with Gasteiger partial charge in [0.1, 0.15) is 0 Å². The Bertz CT molecular complexity index is 382. The summed E-state index contributed by atoms with van der Waals surface area (Å²) in [6, 6.07) is 0. The summed E-state index contributed by atoms with van der Waals surface area (Å²) in [4.78, 5) is 0. The second kappa shape index (κ2) is 14.8. The minimum absolute atomic E-state index is 0.531. The Kier molecular flexibility index (Phi) is 13.3. The predicted molar refractivity (Wildman–Crippen MR) is 140 cm³/mol. The van der Waals surface area contributed by atoms with Crippen LogP contribution in [-0.2, 0) is 0 Å². The summed E-state index contributed by atoms with van der Waals surface area (Å²) < 4.78 is 1.06. The van der Waals surface area contributed by atoms with Gasteiger partial charge in [0.15, 0.2) is 0 Å². The Morgan fingerprint density at radius 3 is 1.18 bits per heavy atom. The summed E-state index contributed by atoms with van der Waals surface area (Å²) in [5.41, 5.74) is 0. The third-order valence-corrected chi connectivity index (χ3v) is 13.0. The lowest BCUT2D eigenvalue weighted by Gasteiger charge is -2.38. The summed E-state index contributed by atoms with van der Waals surface area (Å²) in [5.74, 6) is 5.53. The van der Waals surface area contributed by atoms with E-state index in [1.54, 1.807) is 0 Å². The lowest BCUT2D eigenvalue weighted by atomic mass is 10.0. The zero-order valence-electron chi connectivity index (χ0n) is 17.9. The van der Waals surface area contributed by atoms with Gasteiger partial charge in [-0.25, -0.2) is 0 Å². The molecule has 2 rings (SSSR count). The molecule has 0 radical (unpaired) electrons. The normalized spacial score (nSPS) is 21.3. The largest absolute Gasteiger partial charge is 0.144 e. The molecule has 2 aliphatic rings. The molecule has 0 bridgehead atoms. The zero-order chi connectivity index (χ0) is 20.0. The van der Waals surface area contributed by atoms with Crippen LogP contribution in [0.15, 0.2) is 25.3 Å². The molecule has 0 aromatic carbocycles. The fraction of sp³-hybridized carbons (Fsp3) is 0.833. The van der Waals surface area contributed by atoms with Crippen molar-refractivity contribution in [2.75, 3.05) is 23.0 Å². The van der Waals surface area contributed by atoms with Gasteiger partial charge in [0.25, 0.3) is 0 Å². The van der Waals surface area contributed by atoms with Gasteiger partial charge in [-0.2, -0.15) is 0 Å². The molecular formula is C24H42S4.